The average Bonchev–Trinajstić information content (AvgIpc) is 3.33. The molecule has 0 saturated heterocycles. The monoisotopic (exact) mass is 379 g/mol. The molecule has 1 aliphatic rings. The molecule has 134 valence electrons. The zero-order chi connectivity index (χ0) is 18.5. The largest absolute Gasteiger partial charge is 0.342 e. The zero-order valence-corrected chi connectivity index (χ0v) is 14.7. The Morgan fingerprint density at radius 2 is 1.96 bits per heavy atom. The number of aromatic amines is 3. The number of hydrogen-bond acceptors (Lipinski definition) is 4. The Labute approximate surface area is 157 Å². The smallest absolute Gasteiger partial charge is 0.325 e. The van der Waals surface area contributed by atoms with Crippen molar-refractivity contribution in [1.29, 1.82) is 0 Å². The molecule has 0 bridgehead atoms. The van der Waals surface area contributed by atoms with E-state index in [1.54, 1.807) is 0 Å². The fourth-order valence-electron chi connectivity index (χ4n) is 3.49. The second kappa shape index (κ2) is 5.92. The van der Waals surface area contributed by atoms with E-state index >= 15 is 0 Å². The van der Waals surface area contributed by atoms with Crippen LogP contribution < -0.4 is 11.2 Å². The van der Waals surface area contributed by atoms with Crippen molar-refractivity contribution < 1.29 is 0 Å². The Hall–Kier alpha value is -3.19. The third kappa shape index (κ3) is 2.76. The number of pyridine rings is 1. The van der Waals surface area contributed by atoms with Crippen LogP contribution in [0.4, 0.5) is 0 Å². The molecule has 0 radical (unpaired) electrons. The average molecular weight is 380 g/mol. The molecule has 3 aromatic heterocycles. The van der Waals surface area contributed by atoms with Gasteiger partial charge in [-0.15, -0.1) is 0 Å². The van der Waals surface area contributed by atoms with E-state index in [0.29, 0.717) is 16.3 Å². The Morgan fingerprint density at radius 3 is 2.78 bits per heavy atom. The number of fused-ring (bicyclic) bond motifs is 1. The predicted octanol–water partition coefficient (Wildman–Crippen LogP) is 2.93. The van der Waals surface area contributed by atoms with Crippen LogP contribution in [-0.2, 0) is 0 Å². The highest BCUT2D eigenvalue weighted by molar-refractivity contribution is 6.30. The molecule has 8 heteroatoms. The number of hydrogen-bond donors (Lipinski definition) is 3. The van der Waals surface area contributed by atoms with E-state index < -0.39 is 11.2 Å². The topological polar surface area (TPSA) is 107 Å². The summed E-state index contributed by atoms with van der Waals surface area (Å²) in [7, 11) is 0. The molecular formula is C19H14ClN5O2. The number of nitrogens with one attached hydrogen (secondary N) is 3. The second-order valence-corrected chi connectivity index (χ2v) is 7.04. The molecule has 0 unspecified atom stereocenters. The minimum atomic E-state index is -0.543. The van der Waals surface area contributed by atoms with Gasteiger partial charge in [-0.05, 0) is 36.1 Å². The van der Waals surface area contributed by atoms with E-state index in [-0.39, 0.29) is 11.8 Å². The molecular weight excluding hydrogens is 366 g/mol. The summed E-state index contributed by atoms with van der Waals surface area (Å²) in [6.45, 7) is 0. The lowest BCUT2D eigenvalue weighted by Crippen LogP contribution is -2.22. The lowest BCUT2D eigenvalue weighted by Gasteiger charge is -2.06. The fourth-order valence-corrected chi connectivity index (χ4v) is 3.73. The quantitative estimate of drug-likeness (QED) is 0.475. The molecule has 5 rings (SSSR count). The van der Waals surface area contributed by atoms with Crippen molar-refractivity contribution in [3.63, 3.8) is 0 Å². The number of para-hydroxylation sites is 2. The van der Waals surface area contributed by atoms with Crippen LogP contribution in [0.25, 0.3) is 22.2 Å². The molecule has 1 saturated carbocycles. The highest BCUT2D eigenvalue weighted by atomic mass is 35.5. The van der Waals surface area contributed by atoms with Crippen LogP contribution in [0, 0.1) is 0 Å². The van der Waals surface area contributed by atoms with Crippen LogP contribution in [-0.4, -0.2) is 24.9 Å². The number of halogens is 1. The van der Waals surface area contributed by atoms with E-state index in [2.05, 4.69) is 24.9 Å². The van der Waals surface area contributed by atoms with Crippen molar-refractivity contribution in [1.82, 2.24) is 24.9 Å². The van der Waals surface area contributed by atoms with Crippen LogP contribution >= 0.6 is 11.6 Å². The molecule has 1 aromatic carbocycles. The van der Waals surface area contributed by atoms with Gasteiger partial charge in [0.1, 0.15) is 11.0 Å². The molecule has 27 heavy (non-hydrogen) atoms. The molecule has 1 aliphatic carbocycles. The van der Waals surface area contributed by atoms with Gasteiger partial charge in [0, 0.05) is 23.9 Å². The normalized spacial score (nSPS) is 18.7. The van der Waals surface area contributed by atoms with Crippen LogP contribution in [0.2, 0.25) is 5.15 Å². The molecule has 7 nitrogen and oxygen atoms in total. The third-order valence-electron chi connectivity index (χ3n) is 4.95. The highest BCUT2D eigenvalue weighted by Crippen LogP contribution is 2.55. The number of H-pyrrole nitrogens is 3. The first-order chi connectivity index (χ1) is 13.1. The number of imidazole rings is 1. The predicted molar refractivity (Wildman–Crippen MR) is 102 cm³/mol. The minimum absolute atomic E-state index is 0.187. The third-order valence-corrected chi connectivity index (χ3v) is 5.26. The summed E-state index contributed by atoms with van der Waals surface area (Å²) in [6.07, 6.45) is 3.83. The molecule has 3 heterocycles. The minimum Gasteiger partial charge on any atom is -0.342 e. The van der Waals surface area contributed by atoms with E-state index in [0.717, 1.165) is 28.8 Å². The van der Waals surface area contributed by atoms with Gasteiger partial charge in [-0.1, -0.05) is 23.7 Å². The summed E-state index contributed by atoms with van der Waals surface area (Å²) in [5.74, 6) is 1.36. The van der Waals surface area contributed by atoms with Crippen molar-refractivity contribution in [2.75, 3.05) is 0 Å². The summed E-state index contributed by atoms with van der Waals surface area (Å²) in [5.41, 5.74) is 2.79. The molecule has 0 amide bonds. The van der Waals surface area contributed by atoms with Gasteiger partial charge in [0.15, 0.2) is 0 Å². The maximum Gasteiger partial charge on any atom is 0.325 e. The van der Waals surface area contributed by atoms with E-state index in [1.807, 2.05) is 30.3 Å². The van der Waals surface area contributed by atoms with Crippen molar-refractivity contribution in [3.8, 4) is 11.1 Å². The standard InChI is InChI=1S/C19H14ClN5O2/c20-16-11(5-9(7-21-16)13-8-22-19(27)25-18(13)26)10-6-12(10)17-23-14-3-1-2-4-15(14)24-17/h1-5,7-8,10,12H,6H2,(H,23,24)(H2,22,25,26,27)/t10-,12+/m1/s1. The van der Waals surface area contributed by atoms with E-state index in [1.165, 1.54) is 12.4 Å². The summed E-state index contributed by atoms with van der Waals surface area (Å²) in [6, 6.07) is 9.78. The Balaban J connectivity index is 1.50. The Kier molecular flexibility index (Phi) is 3.51. The van der Waals surface area contributed by atoms with Crippen molar-refractivity contribution >= 4 is 22.6 Å². The van der Waals surface area contributed by atoms with Crippen LogP contribution in [0.15, 0.2) is 52.3 Å². The first-order valence-electron chi connectivity index (χ1n) is 8.52. The fraction of sp³-hybridized carbons (Fsp3) is 0.158. The van der Waals surface area contributed by atoms with E-state index in [4.69, 9.17) is 11.6 Å². The van der Waals surface area contributed by atoms with Crippen molar-refractivity contribution in [2.24, 2.45) is 0 Å². The summed E-state index contributed by atoms with van der Waals surface area (Å²) >= 11 is 6.33. The second-order valence-electron chi connectivity index (χ2n) is 6.68. The summed E-state index contributed by atoms with van der Waals surface area (Å²) in [4.78, 5) is 40.3. The number of nitrogens with zero attached hydrogens (tertiary/aromatic N) is 2. The van der Waals surface area contributed by atoms with Gasteiger partial charge in [0.25, 0.3) is 5.56 Å². The molecule has 4 aromatic rings. The number of rotatable bonds is 3. The van der Waals surface area contributed by atoms with Gasteiger partial charge < -0.3 is 9.97 Å². The molecule has 0 spiro atoms. The van der Waals surface area contributed by atoms with Gasteiger partial charge in [-0.2, -0.15) is 0 Å². The lowest BCUT2D eigenvalue weighted by atomic mass is 10.1. The van der Waals surface area contributed by atoms with Crippen molar-refractivity contribution in [3.05, 3.63) is 80.1 Å². The zero-order valence-electron chi connectivity index (χ0n) is 14.0. The van der Waals surface area contributed by atoms with Gasteiger partial charge >= 0.3 is 5.69 Å². The molecule has 2 atom stereocenters. The van der Waals surface area contributed by atoms with Crippen molar-refractivity contribution in [2.45, 2.75) is 18.3 Å². The molecule has 3 N–H and O–H groups in total. The molecule has 0 aliphatic heterocycles. The summed E-state index contributed by atoms with van der Waals surface area (Å²) < 4.78 is 0. The first kappa shape index (κ1) is 16.0. The van der Waals surface area contributed by atoms with Crippen LogP contribution in [0.3, 0.4) is 0 Å². The first-order valence-corrected chi connectivity index (χ1v) is 8.90. The maximum absolute atomic E-state index is 12.1. The Morgan fingerprint density at radius 1 is 1.11 bits per heavy atom. The van der Waals surface area contributed by atoms with Crippen LogP contribution in [0.5, 0.6) is 0 Å². The maximum atomic E-state index is 12.1. The summed E-state index contributed by atoms with van der Waals surface area (Å²) in [5, 5.41) is 0.420. The van der Waals surface area contributed by atoms with E-state index in [9.17, 15) is 9.59 Å². The SMILES string of the molecule is O=c1[nH]cc(-c2cnc(Cl)c([C@H]3C[C@@H]3c3nc4ccccc4[nH]3)c2)c(=O)[nH]1. The lowest BCUT2D eigenvalue weighted by molar-refractivity contribution is 0.933. The molecule has 1 fully saturated rings. The number of aromatic nitrogens is 5. The van der Waals surface area contributed by atoms with Gasteiger partial charge in [0.05, 0.1) is 16.6 Å². The van der Waals surface area contributed by atoms with Crippen LogP contribution in [0.1, 0.15) is 29.6 Å². The van der Waals surface area contributed by atoms with Gasteiger partial charge in [0.2, 0.25) is 0 Å². The highest BCUT2D eigenvalue weighted by Gasteiger charge is 2.43. The Bertz CT molecular complexity index is 1260. The number of benzene rings is 1. The van der Waals surface area contributed by atoms with Gasteiger partial charge in [-0.25, -0.2) is 14.8 Å². The van der Waals surface area contributed by atoms with Gasteiger partial charge in [-0.3, -0.25) is 9.78 Å².